The van der Waals surface area contributed by atoms with Crippen molar-refractivity contribution >= 4 is 33.4 Å². The average Bonchev–Trinajstić information content (AvgIpc) is 2.87. The maximum Gasteiger partial charge on any atom is 0.280 e. The highest BCUT2D eigenvalue weighted by atomic mass is 35.5. The summed E-state index contributed by atoms with van der Waals surface area (Å²) in [6, 6.07) is 7.97. The van der Waals surface area contributed by atoms with Crippen LogP contribution >= 0.6 is 11.6 Å². The molecule has 0 fully saturated rings. The Balaban J connectivity index is 2.12. The molecule has 0 bridgehead atoms. The van der Waals surface area contributed by atoms with Crippen molar-refractivity contribution in [2.24, 2.45) is 0 Å². The largest absolute Gasteiger partial charge is 0.289 e. The quantitative estimate of drug-likeness (QED) is 0.577. The second-order valence-corrected chi connectivity index (χ2v) is 5.49. The molecule has 0 aliphatic rings. The van der Waals surface area contributed by atoms with Crippen molar-refractivity contribution in [2.75, 3.05) is 0 Å². The molecule has 0 amide bonds. The van der Waals surface area contributed by atoms with Crippen molar-refractivity contribution in [3.05, 3.63) is 69.6 Å². The number of fused-ring (bicyclic) bond motifs is 3. The van der Waals surface area contributed by atoms with Crippen LogP contribution < -0.4 is 5.56 Å². The number of H-pyrrole nitrogens is 1. The van der Waals surface area contributed by atoms with Crippen LogP contribution in [0.1, 0.15) is 0 Å². The van der Waals surface area contributed by atoms with Crippen molar-refractivity contribution in [1.29, 1.82) is 0 Å². The molecule has 0 spiro atoms. The first-order valence-electron chi connectivity index (χ1n) is 6.69. The van der Waals surface area contributed by atoms with Crippen molar-refractivity contribution in [2.45, 2.75) is 0 Å². The maximum atomic E-state index is 14.0. The van der Waals surface area contributed by atoms with E-state index < -0.39 is 17.2 Å². The van der Waals surface area contributed by atoms with Gasteiger partial charge in [-0.25, -0.2) is 13.5 Å². The monoisotopic (exact) mass is 331 g/mol. The summed E-state index contributed by atoms with van der Waals surface area (Å²) in [6.45, 7) is 0. The van der Waals surface area contributed by atoms with E-state index in [0.717, 1.165) is 22.9 Å². The van der Waals surface area contributed by atoms with E-state index in [1.54, 1.807) is 18.2 Å². The Kier molecular flexibility index (Phi) is 2.96. The van der Waals surface area contributed by atoms with E-state index >= 15 is 0 Å². The van der Waals surface area contributed by atoms with Crippen LogP contribution in [-0.2, 0) is 0 Å². The van der Waals surface area contributed by atoms with Gasteiger partial charge in [0.05, 0.1) is 16.4 Å². The van der Waals surface area contributed by atoms with E-state index in [9.17, 15) is 13.6 Å². The van der Waals surface area contributed by atoms with E-state index in [4.69, 9.17) is 11.6 Å². The Morgan fingerprint density at radius 2 is 1.91 bits per heavy atom. The number of nitrogens with one attached hydrogen (secondary N) is 1. The summed E-state index contributed by atoms with van der Waals surface area (Å²) in [5, 5.41) is 4.20. The summed E-state index contributed by atoms with van der Waals surface area (Å²) in [5.74, 6) is -1.35. The Morgan fingerprint density at radius 1 is 1.09 bits per heavy atom. The highest BCUT2D eigenvalue weighted by Gasteiger charge is 2.15. The molecular weight excluding hydrogens is 324 g/mol. The number of pyridine rings is 1. The topological polar surface area (TPSA) is 50.7 Å². The highest BCUT2D eigenvalue weighted by Crippen LogP contribution is 2.24. The van der Waals surface area contributed by atoms with Gasteiger partial charge < -0.3 is 0 Å². The number of rotatable bonds is 1. The Hall–Kier alpha value is -2.73. The molecule has 0 aliphatic carbocycles. The summed E-state index contributed by atoms with van der Waals surface area (Å²) in [7, 11) is 0. The first-order chi connectivity index (χ1) is 11.0. The number of nitrogens with zero attached hydrogens (tertiary/aromatic N) is 2. The van der Waals surface area contributed by atoms with E-state index in [2.05, 4.69) is 10.1 Å². The predicted octanol–water partition coefficient (Wildman–Crippen LogP) is 3.80. The molecule has 2 aromatic carbocycles. The average molecular weight is 332 g/mol. The molecule has 0 unspecified atom stereocenters. The lowest BCUT2D eigenvalue weighted by atomic mass is 10.2. The molecule has 0 atom stereocenters. The fraction of sp³-hybridized carbons (Fsp3) is 0. The molecule has 114 valence electrons. The third-order valence-corrected chi connectivity index (χ3v) is 3.87. The third kappa shape index (κ3) is 2.10. The van der Waals surface area contributed by atoms with Gasteiger partial charge in [-0.1, -0.05) is 11.6 Å². The Bertz CT molecular complexity index is 1130. The summed E-state index contributed by atoms with van der Waals surface area (Å²) in [4.78, 5) is 16.7. The van der Waals surface area contributed by atoms with Crippen LogP contribution in [0.2, 0.25) is 5.02 Å². The Morgan fingerprint density at radius 3 is 2.74 bits per heavy atom. The first-order valence-corrected chi connectivity index (χ1v) is 7.07. The van der Waals surface area contributed by atoms with Crippen LogP contribution in [0, 0.1) is 11.6 Å². The minimum absolute atomic E-state index is 0.193. The van der Waals surface area contributed by atoms with Crippen LogP contribution in [0.4, 0.5) is 8.78 Å². The number of benzene rings is 2. The molecule has 4 rings (SSSR count). The summed E-state index contributed by atoms with van der Waals surface area (Å²) in [6.07, 6.45) is 1.40. The number of aromatic amines is 1. The fourth-order valence-electron chi connectivity index (χ4n) is 2.56. The van der Waals surface area contributed by atoms with Gasteiger partial charge in [0, 0.05) is 22.7 Å². The van der Waals surface area contributed by atoms with Crippen LogP contribution in [0.25, 0.3) is 27.5 Å². The highest BCUT2D eigenvalue weighted by molar-refractivity contribution is 6.31. The summed E-state index contributed by atoms with van der Waals surface area (Å²) < 4.78 is 28.3. The molecule has 2 aromatic heterocycles. The number of aromatic nitrogens is 3. The molecule has 0 saturated carbocycles. The second kappa shape index (κ2) is 4.89. The maximum absolute atomic E-state index is 14.0. The zero-order chi connectivity index (χ0) is 16.1. The van der Waals surface area contributed by atoms with Crippen LogP contribution in [0.15, 0.2) is 47.4 Å². The number of hydrogen-bond acceptors (Lipinski definition) is 2. The molecular formula is C16H8ClF2N3O. The molecule has 1 N–H and O–H groups in total. The summed E-state index contributed by atoms with van der Waals surface area (Å²) in [5.41, 5.74) is 0.390. The second-order valence-electron chi connectivity index (χ2n) is 5.06. The van der Waals surface area contributed by atoms with Gasteiger partial charge >= 0.3 is 0 Å². The zero-order valence-corrected chi connectivity index (χ0v) is 12.2. The first kappa shape index (κ1) is 13.9. The minimum atomic E-state index is -0.713. The van der Waals surface area contributed by atoms with Gasteiger partial charge in [0.15, 0.2) is 0 Å². The van der Waals surface area contributed by atoms with Gasteiger partial charge in [-0.3, -0.25) is 14.9 Å². The van der Waals surface area contributed by atoms with Crippen molar-refractivity contribution in [3.8, 4) is 5.69 Å². The third-order valence-electron chi connectivity index (χ3n) is 3.64. The smallest absolute Gasteiger partial charge is 0.280 e. The van der Waals surface area contributed by atoms with Crippen molar-refractivity contribution in [1.82, 2.24) is 14.8 Å². The summed E-state index contributed by atoms with van der Waals surface area (Å²) >= 11 is 5.99. The molecule has 7 heteroatoms. The molecule has 4 aromatic rings. The van der Waals surface area contributed by atoms with Crippen LogP contribution in [-0.4, -0.2) is 14.8 Å². The van der Waals surface area contributed by atoms with E-state index in [1.165, 1.54) is 6.20 Å². The van der Waals surface area contributed by atoms with Gasteiger partial charge in [-0.2, -0.15) is 0 Å². The molecule has 2 heterocycles. The number of halogens is 3. The lowest BCUT2D eigenvalue weighted by Gasteiger charge is -2.03. The SMILES string of the molecule is O=c1c2cnc3ccc(Cl)cc3c2[nH]n1-c1cc(F)ccc1F. The van der Waals surface area contributed by atoms with Crippen molar-refractivity contribution < 1.29 is 8.78 Å². The molecule has 23 heavy (non-hydrogen) atoms. The molecule has 4 nitrogen and oxygen atoms in total. The molecule has 0 radical (unpaired) electrons. The normalized spacial score (nSPS) is 11.4. The number of hydrogen-bond donors (Lipinski definition) is 1. The van der Waals surface area contributed by atoms with Crippen LogP contribution in [0.3, 0.4) is 0 Å². The lowest BCUT2D eigenvalue weighted by Crippen LogP contribution is -2.15. The van der Waals surface area contributed by atoms with Gasteiger partial charge in [-0.05, 0) is 30.3 Å². The van der Waals surface area contributed by atoms with E-state index in [1.807, 2.05) is 0 Å². The fourth-order valence-corrected chi connectivity index (χ4v) is 2.73. The van der Waals surface area contributed by atoms with Crippen LogP contribution in [0.5, 0.6) is 0 Å². The van der Waals surface area contributed by atoms with Gasteiger partial charge in [0.1, 0.15) is 17.3 Å². The predicted molar refractivity (Wildman–Crippen MR) is 84.1 cm³/mol. The van der Waals surface area contributed by atoms with Gasteiger partial charge in [-0.15, -0.1) is 0 Å². The molecule has 0 saturated heterocycles. The zero-order valence-electron chi connectivity index (χ0n) is 11.5. The Labute approximate surface area is 132 Å². The lowest BCUT2D eigenvalue weighted by molar-refractivity contribution is 0.585. The molecule has 0 aliphatic heterocycles. The minimum Gasteiger partial charge on any atom is -0.289 e. The van der Waals surface area contributed by atoms with E-state index in [0.29, 0.717) is 21.4 Å². The standard InChI is InChI=1S/C16H8ClF2N3O/c17-8-1-4-13-10(5-8)15-11(7-20-13)16(23)22(21-15)14-6-9(18)2-3-12(14)19/h1-7,21H. The van der Waals surface area contributed by atoms with E-state index in [-0.39, 0.29) is 11.1 Å². The van der Waals surface area contributed by atoms with Gasteiger partial charge in [0.2, 0.25) is 0 Å². The van der Waals surface area contributed by atoms with Crippen molar-refractivity contribution in [3.63, 3.8) is 0 Å². The van der Waals surface area contributed by atoms with Gasteiger partial charge in [0.25, 0.3) is 5.56 Å².